The molecular formula is C20H13F2N3O2S. The zero-order valence-electron chi connectivity index (χ0n) is 14.4. The number of nitrogens with one attached hydrogen (secondary N) is 1. The molecule has 4 aromatic rings. The van der Waals surface area contributed by atoms with Crippen LogP contribution >= 0.6 is 11.8 Å². The van der Waals surface area contributed by atoms with Crippen LogP contribution in [0.15, 0.2) is 70.3 Å². The molecule has 0 bridgehead atoms. The van der Waals surface area contributed by atoms with Crippen LogP contribution in [0.5, 0.6) is 0 Å². The van der Waals surface area contributed by atoms with E-state index in [1.54, 1.807) is 0 Å². The number of fused-ring (bicyclic) bond motifs is 1. The van der Waals surface area contributed by atoms with Gasteiger partial charge in [-0.25, -0.2) is 8.78 Å². The second kappa shape index (κ2) is 7.77. The van der Waals surface area contributed by atoms with Gasteiger partial charge in [-0.2, -0.15) is 0 Å². The van der Waals surface area contributed by atoms with Gasteiger partial charge >= 0.3 is 0 Å². The van der Waals surface area contributed by atoms with Gasteiger partial charge in [0.1, 0.15) is 11.6 Å². The third kappa shape index (κ3) is 3.86. The Hall–Kier alpha value is -3.26. The van der Waals surface area contributed by atoms with Crippen LogP contribution in [0.3, 0.4) is 0 Å². The van der Waals surface area contributed by atoms with Gasteiger partial charge in [0.2, 0.25) is 11.8 Å². The number of halogens is 2. The Bertz CT molecular complexity index is 1160. The fraction of sp³-hybridized carbons (Fsp3) is 0.0500. The molecule has 0 fully saturated rings. The van der Waals surface area contributed by atoms with Crippen molar-refractivity contribution < 1.29 is 18.0 Å². The van der Waals surface area contributed by atoms with Crippen molar-refractivity contribution in [1.82, 2.24) is 10.2 Å². The predicted octanol–water partition coefficient (Wildman–Crippen LogP) is 4.90. The number of hydrogen-bond acceptors (Lipinski definition) is 5. The van der Waals surface area contributed by atoms with Crippen LogP contribution in [-0.2, 0) is 4.79 Å². The second-order valence-corrected chi connectivity index (χ2v) is 6.79. The summed E-state index contributed by atoms with van der Waals surface area (Å²) in [5.74, 6) is -1.73. The summed E-state index contributed by atoms with van der Waals surface area (Å²) in [5.41, 5.74) is 0.712. The molecule has 1 heterocycles. The molecule has 0 saturated heterocycles. The van der Waals surface area contributed by atoms with E-state index < -0.39 is 17.5 Å². The molecule has 0 atom stereocenters. The maximum absolute atomic E-state index is 13.6. The lowest BCUT2D eigenvalue weighted by Gasteiger charge is -2.05. The highest BCUT2D eigenvalue weighted by Gasteiger charge is 2.14. The molecule has 0 unspecified atom stereocenters. The minimum atomic E-state index is -0.839. The lowest BCUT2D eigenvalue weighted by molar-refractivity contribution is -0.113. The second-order valence-electron chi connectivity index (χ2n) is 5.86. The molecule has 3 aromatic carbocycles. The standard InChI is InChI=1S/C20H13F2N3O2S/c21-13-8-9-17(16(22)10-13)23-18(26)11-28-20-25-24-19(27-20)15-7-3-5-12-4-1-2-6-14(12)15/h1-10H,11H2,(H,23,26). The van der Waals surface area contributed by atoms with E-state index in [0.29, 0.717) is 12.0 Å². The Morgan fingerprint density at radius 3 is 2.71 bits per heavy atom. The number of carbonyl (C=O) groups is 1. The molecule has 8 heteroatoms. The van der Waals surface area contributed by atoms with Gasteiger partial charge in [0.25, 0.3) is 5.22 Å². The lowest BCUT2D eigenvalue weighted by atomic mass is 10.0. The van der Waals surface area contributed by atoms with Crippen molar-refractivity contribution in [3.05, 3.63) is 72.3 Å². The Kier molecular flexibility index (Phi) is 5.03. The van der Waals surface area contributed by atoms with Crippen LogP contribution in [0.25, 0.3) is 22.2 Å². The molecule has 1 N–H and O–H groups in total. The minimum absolute atomic E-state index is 0.0615. The molecule has 4 rings (SSSR count). The molecule has 0 radical (unpaired) electrons. The molecule has 0 aliphatic heterocycles. The number of rotatable bonds is 5. The minimum Gasteiger partial charge on any atom is -0.411 e. The van der Waals surface area contributed by atoms with Crippen LogP contribution in [0.1, 0.15) is 0 Å². The fourth-order valence-corrected chi connectivity index (χ4v) is 3.26. The average Bonchev–Trinajstić information content (AvgIpc) is 3.17. The van der Waals surface area contributed by atoms with Gasteiger partial charge in [-0.15, -0.1) is 10.2 Å². The van der Waals surface area contributed by atoms with Crippen molar-refractivity contribution in [3.8, 4) is 11.5 Å². The summed E-state index contributed by atoms with van der Waals surface area (Å²) in [6.45, 7) is 0. The van der Waals surface area contributed by atoms with Crippen molar-refractivity contribution in [3.63, 3.8) is 0 Å². The molecule has 140 valence electrons. The fourth-order valence-electron chi connectivity index (χ4n) is 2.69. The summed E-state index contributed by atoms with van der Waals surface area (Å²) < 4.78 is 32.2. The molecule has 0 saturated carbocycles. The topological polar surface area (TPSA) is 68.0 Å². The van der Waals surface area contributed by atoms with Gasteiger partial charge in [0, 0.05) is 11.6 Å². The zero-order valence-corrected chi connectivity index (χ0v) is 15.2. The first kappa shape index (κ1) is 18.1. The molecule has 1 amide bonds. The largest absolute Gasteiger partial charge is 0.411 e. The molecule has 0 aliphatic rings. The molecule has 0 aliphatic carbocycles. The normalized spacial score (nSPS) is 10.9. The first-order chi connectivity index (χ1) is 13.6. The van der Waals surface area contributed by atoms with Gasteiger partial charge in [-0.3, -0.25) is 4.79 Å². The number of amides is 1. The van der Waals surface area contributed by atoms with Crippen LogP contribution in [0.4, 0.5) is 14.5 Å². The van der Waals surface area contributed by atoms with Crippen molar-refractivity contribution in [2.24, 2.45) is 0 Å². The molecule has 5 nitrogen and oxygen atoms in total. The summed E-state index contributed by atoms with van der Waals surface area (Å²) in [6, 6.07) is 16.5. The third-order valence-electron chi connectivity index (χ3n) is 3.96. The number of anilines is 1. The highest BCUT2D eigenvalue weighted by Crippen LogP contribution is 2.29. The van der Waals surface area contributed by atoms with Gasteiger partial charge < -0.3 is 9.73 Å². The summed E-state index contributed by atoms with van der Waals surface area (Å²) >= 11 is 1.03. The maximum Gasteiger partial charge on any atom is 0.277 e. The van der Waals surface area contributed by atoms with Gasteiger partial charge in [-0.05, 0) is 29.0 Å². The van der Waals surface area contributed by atoms with Gasteiger partial charge in [0.05, 0.1) is 11.4 Å². The van der Waals surface area contributed by atoms with Crippen LogP contribution in [-0.4, -0.2) is 21.9 Å². The predicted molar refractivity (Wildman–Crippen MR) is 103 cm³/mol. The van der Waals surface area contributed by atoms with Crippen LogP contribution in [0, 0.1) is 11.6 Å². The quantitative estimate of drug-likeness (QED) is 0.485. The Morgan fingerprint density at radius 1 is 1.04 bits per heavy atom. The summed E-state index contributed by atoms with van der Waals surface area (Å²) in [4.78, 5) is 12.0. The number of benzene rings is 3. The summed E-state index contributed by atoms with van der Waals surface area (Å²) in [6.07, 6.45) is 0. The summed E-state index contributed by atoms with van der Waals surface area (Å²) in [5, 5.41) is 12.6. The van der Waals surface area contributed by atoms with Crippen LogP contribution in [0.2, 0.25) is 0 Å². The Labute approximate surface area is 162 Å². The molecule has 1 aromatic heterocycles. The maximum atomic E-state index is 13.6. The zero-order chi connectivity index (χ0) is 19.5. The van der Waals surface area contributed by atoms with E-state index in [1.807, 2.05) is 42.5 Å². The molecular weight excluding hydrogens is 384 g/mol. The SMILES string of the molecule is O=C(CSc1nnc(-c2cccc3ccccc23)o1)Nc1ccc(F)cc1F. The highest BCUT2D eigenvalue weighted by molar-refractivity contribution is 7.99. The first-order valence-corrected chi connectivity index (χ1v) is 9.28. The van der Waals surface area contributed by atoms with E-state index >= 15 is 0 Å². The van der Waals surface area contributed by atoms with Crippen molar-refractivity contribution >= 4 is 34.1 Å². The van der Waals surface area contributed by atoms with E-state index in [1.165, 1.54) is 6.07 Å². The third-order valence-corrected chi connectivity index (χ3v) is 4.78. The highest BCUT2D eigenvalue weighted by atomic mass is 32.2. The van der Waals surface area contributed by atoms with E-state index in [0.717, 1.165) is 34.2 Å². The lowest BCUT2D eigenvalue weighted by Crippen LogP contribution is -2.15. The van der Waals surface area contributed by atoms with Crippen LogP contribution < -0.4 is 5.32 Å². The van der Waals surface area contributed by atoms with Crippen molar-refractivity contribution in [2.45, 2.75) is 5.22 Å². The number of nitrogens with zero attached hydrogens (tertiary/aromatic N) is 2. The van der Waals surface area contributed by atoms with Crippen molar-refractivity contribution in [1.29, 1.82) is 0 Å². The average molecular weight is 397 g/mol. The van der Waals surface area contributed by atoms with E-state index in [2.05, 4.69) is 15.5 Å². The van der Waals surface area contributed by atoms with E-state index in [-0.39, 0.29) is 16.7 Å². The van der Waals surface area contributed by atoms with Gasteiger partial charge in [-0.1, -0.05) is 48.2 Å². The van der Waals surface area contributed by atoms with Gasteiger partial charge in [0.15, 0.2) is 0 Å². The number of carbonyl (C=O) groups excluding carboxylic acids is 1. The number of aromatic nitrogens is 2. The van der Waals surface area contributed by atoms with Crippen molar-refractivity contribution in [2.75, 3.05) is 11.1 Å². The number of hydrogen-bond donors (Lipinski definition) is 1. The monoisotopic (exact) mass is 397 g/mol. The number of thioether (sulfide) groups is 1. The van der Waals surface area contributed by atoms with E-state index in [9.17, 15) is 13.6 Å². The molecule has 0 spiro atoms. The first-order valence-electron chi connectivity index (χ1n) is 8.29. The molecule has 28 heavy (non-hydrogen) atoms. The Balaban J connectivity index is 1.44. The Morgan fingerprint density at radius 2 is 1.86 bits per heavy atom. The van der Waals surface area contributed by atoms with E-state index in [4.69, 9.17) is 4.42 Å². The summed E-state index contributed by atoms with van der Waals surface area (Å²) in [7, 11) is 0. The smallest absolute Gasteiger partial charge is 0.277 e.